The van der Waals surface area contributed by atoms with Gasteiger partial charge in [-0.1, -0.05) is 48.5 Å². The summed E-state index contributed by atoms with van der Waals surface area (Å²) in [5.74, 6) is 0. The zero-order valence-electron chi connectivity index (χ0n) is 13.8. The van der Waals surface area contributed by atoms with Gasteiger partial charge in [0.2, 0.25) is 0 Å². The third-order valence-electron chi connectivity index (χ3n) is 4.28. The monoisotopic (exact) mass is 341 g/mol. The average molecular weight is 341 g/mol. The molecule has 4 aromatic rings. The molecule has 0 bridgehead atoms. The highest BCUT2D eigenvalue weighted by atomic mass is 16.6. The highest BCUT2D eigenvalue weighted by molar-refractivity contribution is 6.13. The van der Waals surface area contributed by atoms with Crippen molar-refractivity contribution in [2.75, 3.05) is 5.43 Å². The Labute approximate surface area is 149 Å². The van der Waals surface area contributed by atoms with Gasteiger partial charge in [0.15, 0.2) is 0 Å². The lowest BCUT2D eigenvalue weighted by molar-refractivity contribution is -0.384. The Morgan fingerprint density at radius 1 is 0.846 bits per heavy atom. The lowest BCUT2D eigenvalue weighted by Gasteiger charge is -2.08. The number of rotatable bonds is 4. The summed E-state index contributed by atoms with van der Waals surface area (Å²) in [6.07, 6.45) is 1.80. The second-order valence-corrected chi connectivity index (χ2v) is 5.91. The van der Waals surface area contributed by atoms with Crippen LogP contribution in [0.25, 0.3) is 21.5 Å². The van der Waals surface area contributed by atoms with Crippen molar-refractivity contribution in [1.29, 1.82) is 0 Å². The van der Waals surface area contributed by atoms with Crippen LogP contribution in [0.3, 0.4) is 0 Å². The van der Waals surface area contributed by atoms with Gasteiger partial charge in [-0.25, -0.2) is 0 Å². The van der Waals surface area contributed by atoms with Crippen molar-refractivity contribution in [1.82, 2.24) is 0 Å². The highest BCUT2D eigenvalue weighted by Gasteiger charge is 2.06. The van der Waals surface area contributed by atoms with E-state index in [-0.39, 0.29) is 5.69 Å². The fourth-order valence-corrected chi connectivity index (χ4v) is 3.02. The maximum atomic E-state index is 10.7. The molecule has 0 aliphatic heterocycles. The zero-order valence-corrected chi connectivity index (χ0v) is 13.8. The summed E-state index contributed by atoms with van der Waals surface area (Å²) in [7, 11) is 0. The van der Waals surface area contributed by atoms with Crippen molar-refractivity contribution in [2.45, 2.75) is 0 Å². The lowest BCUT2D eigenvalue weighted by atomic mass is 9.97. The van der Waals surface area contributed by atoms with Gasteiger partial charge in [0.25, 0.3) is 5.69 Å². The first kappa shape index (κ1) is 15.8. The molecular weight excluding hydrogens is 326 g/mol. The van der Waals surface area contributed by atoms with E-state index >= 15 is 0 Å². The van der Waals surface area contributed by atoms with E-state index < -0.39 is 4.92 Å². The standard InChI is InChI=1S/C21H15N3O2/c25-24(26)18-11-9-17(10-12-18)23-22-14-21-19-7-3-1-5-15(19)13-16-6-2-4-8-20(16)21/h1-14,23H/b22-14+. The predicted octanol–water partition coefficient (Wildman–Crippen LogP) is 5.35. The van der Waals surface area contributed by atoms with Crippen molar-refractivity contribution in [2.24, 2.45) is 5.10 Å². The number of non-ortho nitro benzene ring substituents is 1. The molecule has 5 nitrogen and oxygen atoms in total. The minimum Gasteiger partial charge on any atom is -0.278 e. The van der Waals surface area contributed by atoms with Crippen LogP contribution in [0.1, 0.15) is 5.56 Å². The summed E-state index contributed by atoms with van der Waals surface area (Å²) in [6.45, 7) is 0. The average Bonchev–Trinajstić information content (AvgIpc) is 2.68. The smallest absolute Gasteiger partial charge is 0.269 e. The van der Waals surface area contributed by atoms with Gasteiger partial charge in [0, 0.05) is 17.7 Å². The summed E-state index contributed by atoms with van der Waals surface area (Å²) in [5, 5.41) is 19.6. The fourth-order valence-electron chi connectivity index (χ4n) is 3.02. The molecule has 0 saturated carbocycles. The summed E-state index contributed by atoms with van der Waals surface area (Å²) in [5.41, 5.74) is 4.72. The Kier molecular flexibility index (Phi) is 4.03. The second-order valence-electron chi connectivity index (χ2n) is 5.91. The number of nitrogens with one attached hydrogen (secondary N) is 1. The van der Waals surface area contributed by atoms with Crippen LogP contribution in [-0.4, -0.2) is 11.1 Å². The molecule has 5 heteroatoms. The molecule has 0 aromatic heterocycles. The molecule has 1 N–H and O–H groups in total. The van der Waals surface area contributed by atoms with E-state index in [4.69, 9.17) is 0 Å². The topological polar surface area (TPSA) is 67.5 Å². The van der Waals surface area contributed by atoms with Crippen LogP contribution in [0.5, 0.6) is 0 Å². The molecule has 0 aliphatic rings. The van der Waals surface area contributed by atoms with Crippen LogP contribution in [0.15, 0.2) is 84.0 Å². The van der Waals surface area contributed by atoms with Crippen LogP contribution >= 0.6 is 0 Å². The summed E-state index contributed by atoms with van der Waals surface area (Å²) in [6, 6.07) is 24.7. The zero-order chi connectivity index (χ0) is 17.9. The Morgan fingerprint density at radius 2 is 1.42 bits per heavy atom. The van der Waals surface area contributed by atoms with E-state index in [1.54, 1.807) is 18.3 Å². The fraction of sp³-hybridized carbons (Fsp3) is 0. The first-order chi connectivity index (χ1) is 12.7. The Bertz CT molecular complexity index is 1080. The molecule has 0 saturated heterocycles. The van der Waals surface area contributed by atoms with Gasteiger partial charge in [0.1, 0.15) is 0 Å². The maximum absolute atomic E-state index is 10.7. The van der Waals surface area contributed by atoms with Gasteiger partial charge < -0.3 is 0 Å². The summed E-state index contributed by atoms with van der Waals surface area (Å²) < 4.78 is 0. The maximum Gasteiger partial charge on any atom is 0.269 e. The number of nitro groups is 1. The number of fused-ring (bicyclic) bond motifs is 2. The first-order valence-corrected chi connectivity index (χ1v) is 8.16. The Morgan fingerprint density at radius 3 is 2.00 bits per heavy atom. The predicted molar refractivity (Wildman–Crippen MR) is 106 cm³/mol. The molecule has 126 valence electrons. The molecule has 0 amide bonds. The van der Waals surface area contributed by atoms with E-state index in [0.29, 0.717) is 5.69 Å². The Hall–Kier alpha value is -3.73. The largest absolute Gasteiger partial charge is 0.278 e. The SMILES string of the molecule is O=[N+]([O-])c1ccc(N/N=C/c2c3ccccc3cc3ccccc23)cc1. The van der Waals surface area contributed by atoms with Crippen molar-refractivity contribution in [3.8, 4) is 0 Å². The number of hydrogen-bond acceptors (Lipinski definition) is 4. The number of anilines is 1. The van der Waals surface area contributed by atoms with Gasteiger partial charge in [-0.15, -0.1) is 0 Å². The highest BCUT2D eigenvalue weighted by Crippen LogP contribution is 2.27. The van der Waals surface area contributed by atoms with Crippen LogP contribution in [0.4, 0.5) is 11.4 Å². The minimum atomic E-state index is -0.421. The molecular formula is C21H15N3O2. The van der Waals surface area contributed by atoms with Crippen LogP contribution in [0, 0.1) is 10.1 Å². The molecule has 0 fully saturated rings. The first-order valence-electron chi connectivity index (χ1n) is 8.16. The molecule has 4 aromatic carbocycles. The van der Waals surface area contributed by atoms with Gasteiger partial charge in [-0.05, 0) is 39.7 Å². The second kappa shape index (κ2) is 6.64. The van der Waals surface area contributed by atoms with Crippen LogP contribution in [0.2, 0.25) is 0 Å². The van der Waals surface area contributed by atoms with Gasteiger partial charge in [-0.3, -0.25) is 15.5 Å². The number of benzene rings is 4. The molecule has 0 atom stereocenters. The molecule has 0 spiro atoms. The van der Waals surface area contributed by atoms with Gasteiger partial charge in [-0.2, -0.15) is 5.10 Å². The molecule has 0 unspecified atom stereocenters. The van der Waals surface area contributed by atoms with Crippen molar-refractivity contribution in [3.63, 3.8) is 0 Å². The Balaban J connectivity index is 1.71. The number of hydrazone groups is 1. The van der Waals surface area contributed by atoms with Crippen LogP contribution in [-0.2, 0) is 0 Å². The van der Waals surface area contributed by atoms with E-state index in [1.165, 1.54) is 12.1 Å². The van der Waals surface area contributed by atoms with E-state index in [1.807, 2.05) is 24.3 Å². The number of nitrogens with zero attached hydrogens (tertiary/aromatic N) is 2. The van der Waals surface area contributed by atoms with E-state index in [9.17, 15) is 10.1 Å². The normalized spacial score (nSPS) is 11.2. The minimum absolute atomic E-state index is 0.0552. The van der Waals surface area contributed by atoms with Crippen molar-refractivity contribution >= 4 is 39.1 Å². The molecule has 0 aliphatic carbocycles. The van der Waals surface area contributed by atoms with Crippen LogP contribution < -0.4 is 5.43 Å². The quantitative estimate of drug-likeness (QED) is 0.235. The van der Waals surface area contributed by atoms with Gasteiger partial charge in [0.05, 0.1) is 16.8 Å². The molecule has 0 heterocycles. The van der Waals surface area contributed by atoms with E-state index in [2.05, 4.69) is 40.9 Å². The summed E-state index contributed by atoms with van der Waals surface area (Å²) in [4.78, 5) is 10.3. The third kappa shape index (κ3) is 2.98. The number of nitro benzene ring substituents is 1. The third-order valence-corrected chi connectivity index (χ3v) is 4.28. The van der Waals surface area contributed by atoms with Gasteiger partial charge >= 0.3 is 0 Å². The lowest BCUT2D eigenvalue weighted by Crippen LogP contribution is -1.94. The molecule has 26 heavy (non-hydrogen) atoms. The molecule has 0 radical (unpaired) electrons. The van der Waals surface area contributed by atoms with Crippen molar-refractivity contribution < 1.29 is 4.92 Å². The van der Waals surface area contributed by atoms with Crippen molar-refractivity contribution in [3.05, 3.63) is 94.5 Å². The van der Waals surface area contributed by atoms with E-state index in [0.717, 1.165) is 27.1 Å². The summed E-state index contributed by atoms with van der Waals surface area (Å²) >= 11 is 0. The molecule has 4 rings (SSSR count). The number of hydrogen-bond donors (Lipinski definition) is 1.